The van der Waals surface area contributed by atoms with Gasteiger partial charge in [0.1, 0.15) is 6.04 Å². The van der Waals surface area contributed by atoms with Gasteiger partial charge in [0.05, 0.1) is 0 Å². The van der Waals surface area contributed by atoms with Gasteiger partial charge < -0.3 is 10.2 Å². The smallest absolute Gasteiger partial charge is 0.276 e. The van der Waals surface area contributed by atoms with Crippen molar-refractivity contribution in [2.75, 3.05) is 0 Å². The number of carbonyl (C=O) groups excluding carboxylic acids is 2. The summed E-state index contributed by atoms with van der Waals surface area (Å²) in [7, 11) is 0. The van der Waals surface area contributed by atoms with Crippen molar-refractivity contribution >= 4 is 34.7 Å². The topological polar surface area (TPSA) is 75.2 Å². The van der Waals surface area contributed by atoms with Gasteiger partial charge in [-0.05, 0) is 48.3 Å². The normalized spacial score (nSPS) is 15.1. The zero-order chi connectivity index (χ0) is 20.9. The quantitative estimate of drug-likeness (QED) is 0.593. The van der Waals surface area contributed by atoms with Crippen LogP contribution in [0.25, 0.3) is 0 Å². The van der Waals surface area contributed by atoms with E-state index in [4.69, 9.17) is 0 Å². The van der Waals surface area contributed by atoms with E-state index in [0.29, 0.717) is 6.54 Å². The molecular formula is C22H24N4O2S2. The predicted molar refractivity (Wildman–Crippen MR) is 118 cm³/mol. The third-order valence-corrected chi connectivity index (χ3v) is 6.82. The van der Waals surface area contributed by atoms with E-state index in [9.17, 15) is 9.59 Å². The van der Waals surface area contributed by atoms with Crippen LogP contribution < -0.4 is 5.32 Å². The Labute approximate surface area is 184 Å². The molecule has 1 aliphatic carbocycles. The number of amides is 2. The molecule has 0 aliphatic heterocycles. The molecule has 2 heterocycles. The largest absolute Gasteiger partial charge is 0.351 e. The summed E-state index contributed by atoms with van der Waals surface area (Å²) in [6.45, 7) is 2.34. The molecule has 156 valence electrons. The van der Waals surface area contributed by atoms with Crippen molar-refractivity contribution in [1.82, 2.24) is 19.8 Å². The maximum atomic E-state index is 13.4. The number of benzene rings is 1. The minimum absolute atomic E-state index is 0.131. The Kier molecular flexibility index (Phi) is 6.54. The van der Waals surface area contributed by atoms with Gasteiger partial charge in [-0.1, -0.05) is 53.2 Å². The van der Waals surface area contributed by atoms with E-state index in [1.807, 2.05) is 48.7 Å². The predicted octanol–water partition coefficient (Wildman–Crippen LogP) is 4.35. The zero-order valence-electron chi connectivity index (χ0n) is 16.8. The highest BCUT2D eigenvalue weighted by molar-refractivity contribution is 7.10. The van der Waals surface area contributed by atoms with E-state index in [-0.39, 0.29) is 23.6 Å². The van der Waals surface area contributed by atoms with E-state index in [2.05, 4.69) is 14.9 Å². The molecule has 1 aliphatic rings. The maximum absolute atomic E-state index is 13.4. The molecule has 1 unspecified atom stereocenters. The van der Waals surface area contributed by atoms with Gasteiger partial charge in [0.15, 0.2) is 5.69 Å². The molecule has 1 aromatic carbocycles. The van der Waals surface area contributed by atoms with Gasteiger partial charge in [-0.2, -0.15) is 0 Å². The zero-order valence-corrected chi connectivity index (χ0v) is 18.4. The molecule has 6 nitrogen and oxygen atoms in total. The average Bonchev–Trinajstić information content (AvgIpc) is 3.52. The highest BCUT2D eigenvalue weighted by Crippen LogP contribution is 2.30. The third-order valence-electron chi connectivity index (χ3n) is 5.39. The first-order valence-electron chi connectivity index (χ1n) is 10.1. The second kappa shape index (κ2) is 9.49. The Morgan fingerprint density at radius 2 is 1.97 bits per heavy atom. The minimum Gasteiger partial charge on any atom is -0.351 e. The lowest BCUT2D eigenvalue weighted by atomic mass is 10.1. The number of aryl methyl sites for hydroxylation is 1. The molecular weight excluding hydrogens is 416 g/mol. The summed E-state index contributed by atoms with van der Waals surface area (Å²) >= 11 is 2.62. The van der Waals surface area contributed by atoms with Crippen molar-refractivity contribution in [2.45, 2.75) is 51.2 Å². The van der Waals surface area contributed by atoms with Crippen molar-refractivity contribution in [3.8, 4) is 0 Å². The standard InChI is InChI=1S/C22H24N4O2S2/c1-15-8-10-16(11-9-15)13-26(22(28)18-14-30-25-24-18)20(19-7-4-12-29-19)21(27)23-17-5-2-3-6-17/h4,7-12,14,17,20H,2-3,5-6,13H2,1H3,(H,23,27). The van der Waals surface area contributed by atoms with Crippen LogP contribution in [-0.4, -0.2) is 32.3 Å². The van der Waals surface area contributed by atoms with Crippen LogP contribution in [0.2, 0.25) is 0 Å². The second-order valence-corrected chi connectivity index (χ2v) is 9.21. The van der Waals surface area contributed by atoms with E-state index in [1.165, 1.54) is 11.3 Å². The molecule has 0 bridgehead atoms. The average molecular weight is 441 g/mol. The molecule has 0 saturated heterocycles. The summed E-state index contributed by atoms with van der Waals surface area (Å²) in [6, 6.07) is 11.3. The lowest BCUT2D eigenvalue weighted by Gasteiger charge is -2.31. The number of carbonyl (C=O) groups is 2. The first-order valence-corrected chi connectivity index (χ1v) is 11.8. The van der Waals surface area contributed by atoms with Gasteiger partial charge in [0, 0.05) is 22.8 Å². The number of nitrogens with one attached hydrogen (secondary N) is 1. The van der Waals surface area contributed by atoms with Gasteiger partial charge in [-0.3, -0.25) is 9.59 Å². The van der Waals surface area contributed by atoms with Crippen LogP contribution >= 0.6 is 22.9 Å². The van der Waals surface area contributed by atoms with Crippen LogP contribution in [0.4, 0.5) is 0 Å². The molecule has 3 aromatic rings. The lowest BCUT2D eigenvalue weighted by molar-refractivity contribution is -0.126. The van der Waals surface area contributed by atoms with Crippen molar-refractivity contribution in [2.24, 2.45) is 0 Å². The van der Waals surface area contributed by atoms with Gasteiger partial charge in [-0.25, -0.2) is 0 Å². The van der Waals surface area contributed by atoms with Gasteiger partial charge in [0.2, 0.25) is 5.91 Å². The first-order chi connectivity index (χ1) is 14.6. The molecule has 1 N–H and O–H groups in total. The fourth-order valence-electron chi connectivity index (χ4n) is 3.80. The highest BCUT2D eigenvalue weighted by atomic mass is 32.1. The second-order valence-electron chi connectivity index (χ2n) is 7.62. The summed E-state index contributed by atoms with van der Waals surface area (Å²) in [5.74, 6) is -0.419. The van der Waals surface area contributed by atoms with Gasteiger partial charge >= 0.3 is 0 Å². The van der Waals surface area contributed by atoms with Crippen molar-refractivity contribution in [1.29, 1.82) is 0 Å². The molecule has 1 fully saturated rings. The van der Waals surface area contributed by atoms with Crippen LogP contribution in [0.15, 0.2) is 47.2 Å². The summed E-state index contributed by atoms with van der Waals surface area (Å²) in [6.07, 6.45) is 4.24. The molecule has 0 radical (unpaired) electrons. The van der Waals surface area contributed by atoms with Crippen molar-refractivity contribution < 1.29 is 9.59 Å². The molecule has 2 amide bonds. The van der Waals surface area contributed by atoms with Crippen LogP contribution in [0.3, 0.4) is 0 Å². The molecule has 2 aromatic heterocycles. The van der Waals surface area contributed by atoms with E-state index >= 15 is 0 Å². The van der Waals surface area contributed by atoms with Crippen molar-refractivity contribution in [3.63, 3.8) is 0 Å². The summed E-state index contributed by atoms with van der Waals surface area (Å²) in [4.78, 5) is 29.3. The van der Waals surface area contributed by atoms with Crippen molar-refractivity contribution in [3.05, 3.63) is 68.9 Å². The third kappa shape index (κ3) is 4.76. The van der Waals surface area contributed by atoms with Crippen LogP contribution in [0.5, 0.6) is 0 Å². The Bertz CT molecular complexity index is 965. The Morgan fingerprint density at radius 3 is 2.60 bits per heavy atom. The number of nitrogens with zero attached hydrogens (tertiary/aromatic N) is 3. The molecule has 30 heavy (non-hydrogen) atoms. The Morgan fingerprint density at radius 1 is 1.20 bits per heavy atom. The summed E-state index contributed by atoms with van der Waals surface area (Å²) < 4.78 is 3.84. The number of rotatable bonds is 7. The maximum Gasteiger partial charge on any atom is 0.276 e. The summed E-state index contributed by atoms with van der Waals surface area (Å²) in [5.41, 5.74) is 2.38. The Hall–Kier alpha value is -2.58. The number of aromatic nitrogens is 2. The molecule has 8 heteroatoms. The van der Waals surface area contributed by atoms with E-state index in [1.54, 1.807) is 10.3 Å². The highest BCUT2D eigenvalue weighted by Gasteiger charge is 2.35. The SMILES string of the molecule is Cc1ccc(CN(C(=O)c2csnn2)C(C(=O)NC2CCCC2)c2cccs2)cc1. The monoisotopic (exact) mass is 440 g/mol. The van der Waals surface area contributed by atoms with Crippen LogP contribution in [0.1, 0.15) is 58.2 Å². The fourth-order valence-corrected chi connectivity index (χ4v) is 5.06. The minimum atomic E-state index is -0.707. The molecule has 1 saturated carbocycles. The number of hydrogen-bond donors (Lipinski definition) is 1. The van der Waals surface area contributed by atoms with Gasteiger partial charge in [0.25, 0.3) is 5.91 Å². The van der Waals surface area contributed by atoms with Gasteiger partial charge in [-0.15, -0.1) is 16.4 Å². The van der Waals surface area contributed by atoms with Crippen LogP contribution in [-0.2, 0) is 11.3 Å². The number of thiophene rings is 1. The van der Waals surface area contributed by atoms with E-state index < -0.39 is 6.04 Å². The Balaban J connectivity index is 1.68. The fraction of sp³-hybridized carbons (Fsp3) is 0.364. The summed E-state index contributed by atoms with van der Waals surface area (Å²) in [5, 5.41) is 10.7. The van der Waals surface area contributed by atoms with E-state index in [0.717, 1.165) is 53.2 Å². The van der Waals surface area contributed by atoms with Crippen LogP contribution in [0, 0.1) is 6.92 Å². The molecule has 4 rings (SSSR count). The molecule has 0 spiro atoms. The molecule has 1 atom stereocenters. The first kappa shape index (κ1) is 20.7. The number of hydrogen-bond acceptors (Lipinski definition) is 6. The lowest BCUT2D eigenvalue weighted by Crippen LogP contribution is -2.45.